The van der Waals surface area contributed by atoms with Gasteiger partial charge in [-0.15, -0.1) is 0 Å². The molecule has 0 spiro atoms. The van der Waals surface area contributed by atoms with E-state index >= 15 is 0 Å². The van der Waals surface area contributed by atoms with Crippen LogP contribution in [0.4, 0.5) is 5.69 Å². The number of carbonyl (C=O) groups is 2. The summed E-state index contributed by atoms with van der Waals surface area (Å²) in [5.74, 6) is 0.534. The Balaban J connectivity index is 1.66. The molecule has 0 saturated carbocycles. The van der Waals surface area contributed by atoms with E-state index in [1.54, 1.807) is 11.9 Å². The van der Waals surface area contributed by atoms with E-state index in [9.17, 15) is 9.59 Å². The average Bonchev–Trinajstić information content (AvgIpc) is 3.16. The Morgan fingerprint density at radius 2 is 1.48 bits per heavy atom. The molecule has 0 saturated heterocycles. The zero-order valence-corrected chi connectivity index (χ0v) is 16.0. The van der Waals surface area contributed by atoms with Crippen LogP contribution < -0.4 is 15.0 Å². The number of amides is 2. The molecule has 0 aromatic heterocycles. The fourth-order valence-corrected chi connectivity index (χ4v) is 4.35. The lowest BCUT2D eigenvalue weighted by molar-refractivity contribution is -0.126. The third-order valence-electron chi connectivity index (χ3n) is 5.69. The largest absolute Gasteiger partial charge is 0.457 e. The maximum atomic E-state index is 14.0. The number of nitrogens with zero attached hydrogens (tertiary/aromatic N) is 1. The van der Waals surface area contributed by atoms with E-state index in [0.29, 0.717) is 17.9 Å². The van der Waals surface area contributed by atoms with Gasteiger partial charge in [0.25, 0.3) is 0 Å². The Labute approximate surface area is 168 Å². The highest BCUT2D eigenvalue weighted by Crippen LogP contribution is 2.46. The standard InChI is InChI=1S/C24H20N2O3/c1-25-23(27)19-14-15-8-2-5-11-18(15)26(19)24(28)22-16-9-3-6-12-20(16)29-21-13-7-4-10-17(21)22/h2-13,19,22H,14H2,1H3,(H,25,27). The molecule has 1 atom stereocenters. The molecule has 0 aliphatic carbocycles. The van der Waals surface area contributed by atoms with Crippen molar-refractivity contribution in [2.75, 3.05) is 11.9 Å². The Morgan fingerprint density at radius 3 is 2.14 bits per heavy atom. The third kappa shape index (κ3) is 2.70. The van der Waals surface area contributed by atoms with Gasteiger partial charge in [-0.25, -0.2) is 0 Å². The number of ether oxygens (including phenoxy) is 1. The van der Waals surface area contributed by atoms with Crippen molar-refractivity contribution < 1.29 is 14.3 Å². The van der Waals surface area contributed by atoms with E-state index in [1.165, 1.54) is 0 Å². The number of likely N-dealkylation sites (N-methyl/N-ethyl adjacent to an activating group) is 1. The van der Waals surface area contributed by atoms with Crippen molar-refractivity contribution in [2.45, 2.75) is 18.4 Å². The van der Waals surface area contributed by atoms with Gasteiger partial charge in [-0.05, 0) is 23.8 Å². The normalized spacial score (nSPS) is 17.0. The molecule has 1 N–H and O–H groups in total. The molecule has 2 aliphatic heterocycles. The second kappa shape index (κ2) is 6.78. The Kier molecular flexibility index (Phi) is 4.09. The summed E-state index contributed by atoms with van der Waals surface area (Å²) in [5.41, 5.74) is 3.43. The van der Waals surface area contributed by atoms with E-state index < -0.39 is 12.0 Å². The van der Waals surface area contributed by atoms with Crippen LogP contribution >= 0.6 is 0 Å². The van der Waals surface area contributed by atoms with Crippen molar-refractivity contribution in [1.82, 2.24) is 5.32 Å². The number of nitrogens with one attached hydrogen (secondary N) is 1. The third-order valence-corrected chi connectivity index (χ3v) is 5.69. The summed E-state index contributed by atoms with van der Waals surface area (Å²) in [7, 11) is 1.60. The quantitative estimate of drug-likeness (QED) is 0.734. The van der Waals surface area contributed by atoms with Gasteiger partial charge >= 0.3 is 0 Å². The SMILES string of the molecule is CNC(=O)C1Cc2ccccc2N1C(=O)C1c2ccccc2Oc2ccccc21. The molecule has 0 radical (unpaired) electrons. The summed E-state index contributed by atoms with van der Waals surface area (Å²) in [6.45, 7) is 0. The highest BCUT2D eigenvalue weighted by molar-refractivity contribution is 6.08. The van der Waals surface area contributed by atoms with Gasteiger partial charge in [-0.3, -0.25) is 14.5 Å². The van der Waals surface area contributed by atoms with Gasteiger partial charge in [0.15, 0.2) is 0 Å². The molecule has 0 bridgehead atoms. The lowest BCUT2D eigenvalue weighted by atomic mass is 9.86. The fraction of sp³-hybridized carbons (Fsp3) is 0.167. The lowest BCUT2D eigenvalue weighted by Crippen LogP contribution is -2.49. The van der Waals surface area contributed by atoms with Crippen LogP contribution in [0, 0.1) is 0 Å². The highest BCUT2D eigenvalue weighted by atomic mass is 16.5. The number of anilines is 1. The molecule has 144 valence electrons. The van der Waals surface area contributed by atoms with Crippen molar-refractivity contribution in [3.8, 4) is 11.5 Å². The van der Waals surface area contributed by atoms with E-state index in [4.69, 9.17) is 4.74 Å². The van der Waals surface area contributed by atoms with Crippen LogP contribution in [-0.2, 0) is 16.0 Å². The number of benzene rings is 3. The van der Waals surface area contributed by atoms with Crippen LogP contribution in [0.15, 0.2) is 72.8 Å². The Hall–Kier alpha value is -3.60. The summed E-state index contributed by atoms with van der Waals surface area (Å²) >= 11 is 0. The minimum absolute atomic E-state index is 0.119. The number of carbonyl (C=O) groups excluding carboxylic acids is 2. The molecule has 0 fully saturated rings. The van der Waals surface area contributed by atoms with Crippen molar-refractivity contribution in [3.63, 3.8) is 0 Å². The number of hydrogen-bond donors (Lipinski definition) is 1. The topological polar surface area (TPSA) is 58.6 Å². The van der Waals surface area contributed by atoms with Crippen molar-refractivity contribution in [3.05, 3.63) is 89.5 Å². The monoisotopic (exact) mass is 384 g/mol. The summed E-state index contributed by atoms with van der Waals surface area (Å²) < 4.78 is 6.04. The predicted octanol–water partition coefficient (Wildman–Crippen LogP) is 3.63. The van der Waals surface area contributed by atoms with E-state index in [1.807, 2.05) is 72.8 Å². The fourth-order valence-electron chi connectivity index (χ4n) is 4.35. The maximum absolute atomic E-state index is 14.0. The zero-order chi connectivity index (χ0) is 20.0. The van der Waals surface area contributed by atoms with Crippen LogP contribution in [0.1, 0.15) is 22.6 Å². The molecule has 5 heteroatoms. The minimum Gasteiger partial charge on any atom is -0.457 e. The molecule has 1 unspecified atom stereocenters. The number of hydrogen-bond acceptors (Lipinski definition) is 3. The van der Waals surface area contributed by atoms with Crippen molar-refractivity contribution in [1.29, 1.82) is 0 Å². The van der Waals surface area contributed by atoms with Gasteiger partial charge in [0.1, 0.15) is 17.5 Å². The molecule has 5 nitrogen and oxygen atoms in total. The van der Waals surface area contributed by atoms with Crippen LogP contribution in [0.5, 0.6) is 11.5 Å². The van der Waals surface area contributed by atoms with Crippen LogP contribution in [-0.4, -0.2) is 24.9 Å². The smallest absolute Gasteiger partial charge is 0.243 e. The Bertz CT molecular complexity index is 1080. The highest BCUT2D eigenvalue weighted by Gasteiger charge is 2.43. The zero-order valence-electron chi connectivity index (χ0n) is 16.0. The van der Waals surface area contributed by atoms with Gasteiger partial charge in [0.05, 0.1) is 5.92 Å². The van der Waals surface area contributed by atoms with Gasteiger partial charge in [0, 0.05) is 30.3 Å². The van der Waals surface area contributed by atoms with E-state index in [2.05, 4.69) is 5.32 Å². The first-order valence-electron chi connectivity index (χ1n) is 9.67. The first-order chi connectivity index (χ1) is 14.2. The van der Waals surface area contributed by atoms with Crippen molar-refractivity contribution in [2.24, 2.45) is 0 Å². The van der Waals surface area contributed by atoms with Gasteiger partial charge < -0.3 is 10.1 Å². The molecule has 2 heterocycles. The first kappa shape index (κ1) is 17.5. The predicted molar refractivity (Wildman–Crippen MR) is 110 cm³/mol. The molecule has 5 rings (SSSR count). The molecule has 3 aromatic rings. The maximum Gasteiger partial charge on any atom is 0.243 e. The van der Waals surface area contributed by atoms with Crippen LogP contribution in [0.3, 0.4) is 0 Å². The molecule has 2 amide bonds. The number of rotatable bonds is 2. The lowest BCUT2D eigenvalue weighted by Gasteiger charge is -2.32. The number of fused-ring (bicyclic) bond motifs is 3. The number of para-hydroxylation sites is 3. The second-order valence-corrected chi connectivity index (χ2v) is 7.28. The molecular formula is C24H20N2O3. The van der Waals surface area contributed by atoms with Gasteiger partial charge in [-0.1, -0.05) is 54.6 Å². The first-order valence-corrected chi connectivity index (χ1v) is 9.67. The van der Waals surface area contributed by atoms with Gasteiger partial charge in [0.2, 0.25) is 11.8 Å². The van der Waals surface area contributed by atoms with Gasteiger partial charge in [-0.2, -0.15) is 0 Å². The summed E-state index contributed by atoms with van der Waals surface area (Å²) in [6, 6.07) is 22.4. The van der Waals surface area contributed by atoms with Crippen LogP contribution in [0.25, 0.3) is 0 Å². The minimum atomic E-state index is -0.563. The average molecular weight is 384 g/mol. The summed E-state index contributed by atoms with van der Waals surface area (Å²) in [5, 5.41) is 2.71. The molecule has 3 aromatic carbocycles. The summed E-state index contributed by atoms with van der Waals surface area (Å²) in [6.07, 6.45) is 0.508. The van der Waals surface area contributed by atoms with E-state index in [-0.39, 0.29) is 11.8 Å². The molecular weight excluding hydrogens is 364 g/mol. The second-order valence-electron chi connectivity index (χ2n) is 7.28. The Morgan fingerprint density at radius 1 is 0.897 bits per heavy atom. The van der Waals surface area contributed by atoms with Crippen molar-refractivity contribution >= 4 is 17.5 Å². The molecule has 2 aliphatic rings. The van der Waals surface area contributed by atoms with E-state index in [0.717, 1.165) is 22.4 Å². The molecule has 29 heavy (non-hydrogen) atoms. The summed E-state index contributed by atoms with van der Waals surface area (Å²) in [4.78, 5) is 28.3. The van der Waals surface area contributed by atoms with Crippen LogP contribution in [0.2, 0.25) is 0 Å².